The van der Waals surface area contributed by atoms with Gasteiger partial charge in [-0.3, -0.25) is 4.79 Å². The summed E-state index contributed by atoms with van der Waals surface area (Å²) in [6.45, 7) is 2.52. The number of hydrogen-bond donors (Lipinski definition) is 2. The predicted molar refractivity (Wildman–Crippen MR) is 87.0 cm³/mol. The van der Waals surface area contributed by atoms with Crippen molar-refractivity contribution in [1.29, 1.82) is 0 Å². The molecule has 3 N–H and O–H groups in total. The molecule has 0 saturated carbocycles. The van der Waals surface area contributed by atoms with E-state index < -0.39 is 0 Å². The molecule has 1 amide bonds. The third kappa shape index (κ3) is 5.09. The number of carbonyl (C=O) groups is 1. The Morgan fingerprint density at radius 1 is 1.43 bits per heavy atom. The number of carbonyl (C=O) groups excluding carboxylic acids is 1. The van der Waals surface area contributed by atoms with Crippen LogP contribution >= 0.6 is 15.9 Å². The van der Waals surface area contributed by atoms with Gasteiger partial charge in [0, 0.05) is 17.1 Å². The van der Waals surface area contributed by atoms with E-state index in [1.807, 2.05) is 19.1 Å². The maximum Gasteiger partial charge on any atom is 0.249 e. The first-order valence-electron chi connectivity index (χ1n) is 7.49. The molecular formula is C16H23BrN2O2. The van der Waals surface area contributed by atoms with E-state index in [0.29, 0.717) is 6.54 Å². The number of ether oxygens (including phenoxy) is 1. The second-order valence-corrected chi connectivity index (χ2v) is 6.55. The Hall–Kier alpha value is -0.910. The summed E-state index contributed by atoms with van der Waals surface area (Å²) in [5, 5.41) is 3.03. The van der Waals surface area contributed by atoms with Crippen molar-refractivity contribution in [3.05, 3.63) is 34.3 Å². The summed E-state index contributed by atoms with van der Waals surface area (Å²) < 4.78 is 6.69. The molecule has 0 aliphatic carbocycles. The van der Waals surface area contributed by atoms with Crippen LogP contribution < -0.4 is 11.1 Å². The van der Waals surface area contributed by atoms with E-state index in [2.05, 4.69) is 33.4 Å². The van der Waals surface area contributed by atoms with E-state index in [1.165, 1.54) is 5.56 Å². The van der Waals surface area contributed by atoms with Gasteiger partial charge in [0.15, 0.2) is 0 Å². The van der Waals surface area contributed by atoms with Crippen LogP contribution in [0.3, 0.4) is 0 Å². The number of nitrogens with two attached hydrogens (primary N) is 1. The molecule has 1 aliphatic rings. The van der Waals surface area contributed by atoms with Crippen LogP contribution in [-0.2, 0) is 16.0 Å². The lowest BCUT2D eigenvalue weighted by Crippen LogP contribution is -2.40. The fraction of sp³-hybridized carbons (Fsp3) is 0.562. The van der Waals surface area contributed by atoms with Gasteiger partial charge in [-0.25, -0.2) is 0 Å². The van der Waals surface area contributed by atoms with Gasteiger partial charge < -0.3 is 15.8 Å². The first kappa shape index (κ1) is 16.5. The van der Waals surface area contributed by atoms with Crippen LogP contribution in [0.2, 0.25) is 0 Å². The highest BCUT2D eigenvalue weighted by atomic mass is 79.9. The molecule has 0 aromatic heterocycles. The van der Waals surface area contributed by atoms with E-state index in [-0.39, 0.29) is 24.2 Å². The predicted octanol–water partition coefficient (Wildman–Crippen LogP) is 2.39. The summed E-state index contributed by atoms with van der Waals surface area (Å²) in [6, 6.07) is 8.42. The SMILES string of the molecule is CC(CCc1ccc(Br)cc1)NC(=O)[C@@H]1CC[C@H](CN)O1. The molecule has 3 atom stereocenters. The van der Waals surface area contributed by atoms with Crippen molar-refractivity contribution in [2.45, 2.75) is 50.9 Å². The topological polar surface area (TPSA) is 64.4 Å². The molecule has 1 heterocycles. The molecule has 1 unspecified atom stereocenters. The van der Waals surface area contributed by atoms with Gasteiger partial charge in [0.2, 0.25) is 5.91 Å². The van der Waals surface area contributed by atoms with Gasteiger partial charge in [-0.15, -0.1) is 0 Å². The van der Waals surface area contributed by atoms with Crippen LogP contribution in [-0.4, -0.2) is 30.7 Å². The fourth-order valence-corrected chi connectivity index (χ4v) is 2.78. The Balaban J connectivity index is 1.72. The van der Waals surface area contributed by atoms with Gasteiger partial charge in [-0.2, -0.15) is 0 Å². The maximum atomic E-state index is 12.1. The molecule has 1 fully saturated rings. The first-order chi connectivity index (χ1) is 10.1. The van der Waals surface area contributed by atoms with Crippen molar-refractivity contribution >= 4 is 21.8 Å². The molecule has 4 nitrogen and oxygen atoms in total. The van der Waals surface area contributed by atoms with Gasteiger partial charge in [0.25, 0.3) is 0 Å². The number of halogens is 1. The smallest absolute Gasteiger partial charge is 0.249 e. The minimum atomic E-state index is -0.325. The van der Waals surface area contributed by atoms with Crippen LogP contribution in [0.15, 0.2) is 28.7 Å². The molecule has 5 heteroatoms. The molecule has 2 rings (SSSR count). The van der Waals surface area contributed by atoms with E-state index >= 15 is 0 Å². The summed E-state index contributed by atoms with van der Waals surface area (Å²) >= 11 is 3.43. The van der Waals surface area contributed by atoms with E-state index in [1.54, 1.807) is 0 Å². The van der Waals surface area contributed by atoms with Crippen molar-refractivity contribution < 1.29 is 9.53 Å². The van der Waals surface area contributed by atoms with Crippen molar-refractivity contribution in [3.8, 4) is 0 Å². The van der Waals surface area contributed by atoms with Crippen LogP contribution in [0.1, 0.15) is 31.7 Å². The molecule has 1 aromatic carbocycles. The van der Waals surface area contributed by atoms with Gasteiger partial charge in [0.05, 0.1) is 6.10 Å². The summed E-state index contributed by atoms with van der Waals surface area (Å²) in [6.07, 6.45) is 3.23. The van der Waals surface area contributed by atoms with Gasteiger partial charge in [0.1, 0.15) is 6.10 Å². The van der Waals surface area contributed by atoms with Crippen molar-refractivity contribution in [2.75, 3.05) is 6.54 Å². The Morgan fingerprint density at radius 3 is 2.76 bits per heavy atom. The largest absolute Gasteiger partial charge is 0.364 e. The number of benzene rings is 1. The number of aryl methyl sites for hydroxylation is 1. The monoisotopic (exact) mass is 354 g/mol. The second kappa shape index (κ2) is 7.92. The second-order valence-electron chi connectivity index (χ2n) is 5.63. The van der Waals surface area contributed by atoms with Crippen molar-refractivity contribution in [1.82, 2.24) is 5.32 Å². The lowest BCUT2D eigenvalue weighted by Gasteiger charge is -2.17. The summed E-state index contributed by atoms with van der Waals surface area (Å²) in [7, 11) is 0. The highest BCUT2D eigenvalue weighted by molar-refractivity contribution is 9.10. The number of nitrogens with one attached hydrogen (secondary N) is 1. The molecule has 21 heavy (non-hydrogen) atoms. The third-order valence-electron chi connectivity index (χ3n) is 3.83. The molecular weight excluding hydrogens is 332 g/mol. The van der Waals surface area contributed by atoms with E-state index in [4.69, 9.17) is 10.5 Å². The maximum absolute atomic E-state index is 12.1. The highest BCUT2D eigenvalue weighted by Gasteiger charge is 2.30. The van der Waals surface area contributed by atoms with Crippen LogP contribution in [0.5, 0.6) is 0 Å². The van der Waals surface area contributed by atoms with Crippen LogP contribution in [0.25, 0.3) is 0 Å². The summed E-state index contributed by atoms with van der Waals surface area (Å²) in [4.78, 5) is 12.1. The number of rotatable bonds is 6. The Bertz CT molecular complexity index is 464. The van der Waals surface area contributed by atoms with E-state index in [0.717, 1.165) is 30.2 Å². The fourth-order valence-electron chi connectivity index (χ4n) is 2.51. The quantitative estimate of drug-likeness (QED) is 0.824. The molecule has 0 spiro atoms. The molecule has 1 aliphatic heterocycles. The van der Waals surface area contributed by atoms with Crippen LogP contribution in [0, 0.1) is 0 Å². The van der Waals surface area contributed by atoms with Gasteiger partial charge in [-0.05, 0) is 50.3 Å². The molecule has 0 radical (unpaired) electrons. The Morgan fingerprint density at radius 2 is 2.14 bits per heavy atom. The zero-order valence-corrected chi connectivity index (χ0v) is 13.9. The minimum Gasteiger partial charge on any atom is -0.364 e. The Kier molecular flexibility index (Phi) is 6.21. The Labute approximate surface area is 134 Å². The normalized spacial score (nSPS) is 23.0. The van der Waals surface area contributed by atoms with Crippen LogP contribution in [0.4, 0.5) is 0 Å². The zero-order valence-electron chi connectivity index (χ0n) is 12.3. The van der Waals surface area contributed by atoms with Gasteiger partial charge >= 0.3 is 0 Å². The van der Waals surface area contributed by atoms with Gasteiger partial charge in [-0.1, -0.05) is 28.1 Å². The van der Waals surface area contributed by atoms with E-state index in [9.17, 15) is 4.79 Å². The standard InChI is InChI=1S/C16H23BrN2O2/c1-11(2-3-12-4-6-13(17)7-5-12)19-16(20)15-9-8-14(10-18)21-15/h4-7,11,14-15H,2-3,8-10,18H2,1H3,(H,19,20)/t11?,14-,15+/m1/s1. The molecule has 0 bridgehead atoms. The first-order valence-corrected chi connectivity index (χ1v) is 8.28. The molecule has 1 aromatic rings. The average Bonchev–Trinajstić information content (AvgIpc) is 2.96. The highest BCUT2D eigenvalue weighted by Crippen LogP contribution is 2.19. The average molecular weight is 355 g/mol. The zero-order chi connectivity index (χ0) is 15.2. The number of amides is 1. The molecule has 1 saturated heterocycles. The minimum absolute atomic E-state index is 0.00532. The third-order valence-corrected chi connectivity index (χ3v) is 4.36. The van der Waals surface area contributed by atoms with Crippen molar-refractivity contribution in [2.24, 2.45) is 5.73 Å². The van der Waals surface area contributed by atoms with Crippen molar-refractivity contribution in [3.63, 3.8) is 0 Å². The molecule has 116 valence electrons. The summed E-state index contributed by atoms with van der Waals surface area (Å²) in [5.74, 6) is -0.00532. The number of hydrogen-bond acceptors (Lipinski definition) is 3. The lowest BCUT2D eigenvalue weighted by molar-refractivity contribution is -0.132. The lowest BCUT2D eigenvalue weighted by atomic mass is 10.1. The summed E-state index contributed by atoms with van der Waals surface area (Å²) in [5.41, 5.74) is 6.84.